The van der Waals surface area contributed by atoms with E-state index in [1.165, 1.54) is 0 Å². The molecule has 108 valence electrons. The Morgan fingerprint density at radius 3 is 2.75 bits per heavy atom. The van der Waals surface area contributed by atoms with Gasteiger partial charge in [0.15, 0.2) is 0 Å². The number of aliphatic hydroxyl groups excluding tert-OH is 1. The third kappa shape index (κ3) is 2.97. The van der Waals surface area contributed by atoms with Crippen molar-refractivity contribution < 1.29 is 9.84 Å². The molecular weight excluding hydrogens is 276 g/mol. The Bertz CT molecular complexity index is 594. The highest BCUT2D eigenvalue weighted by molar-refractivity contribution is 6.31. The van der Waals surface area contributed by atoms with Crippen LogP contribution in [0.4, 0.5) is 0 Å². The molecule has 0 fully saturated rings. The molecular formula is C15H19ClN2O2. The second kappa shape index (κ2) is 6.29. The van der Waals surface area contributed by atoms with E-state index in [2.05, 4.69) is 5.10 Å². The van der Waals surface area contributed by atoms with Crippen molar-refractivity contribution in [3.05, 3.63) is 46.2 Å². The Kier molecular flexibility index (Phi) is 4.68. The number of aromatic nitrogens is 2. The molecule has 0 bridgehead atoms. The van der Waals surface area contributed by atoms with Gasteiger partial charge in [0.2, 0.25) is 0 Å². The smallest absolute Gasteiger partial charge is 0.131 e. The van der Waals surface area contributed by atoms with Crippen LogP contribution in [-0.4, -0.2) is 14.9 Å². The summed E-state index contributed by atoms with van der Waals surface area (Å²) in [6.07, 6.45) is -0.570. The summed E-state index contributed by atoms with van der Waals surface area (Å²) in [5.74, 6) is 0.667. The number of para-hydroxylation sites is 1. The SMILES string of the molecule is CCn1nc(C)c(Cl)c1COc1ccccc1[C@H](C)O. The van der Waals surface area contributed by atoms with Crippen LogP contribution in [0.15, 0.2) is 24.3 Å². The molecule has 0 saturated heterocycles. The topological polar surface area (TPSA) is 47.3 Å². The van der Waals surface area contributed by atoms with E-state index < -0.39 is 6.10 Å². The Morgan fingerprint density at radius 2 is 2.10 bits per heavy atom. The summed E-state index contributed by atoms with van der Waals surface area (Å²) in [5, 5.41) is 14.7. The molecule has 0 unspecified atom stereocenters. The van der Waals surface area contributed by atoms with Gasteiger partial charge in [-0.3, -0.25) is 4.68 Å². The van der Waals surface area contributed by atoms with Crippen LogP contribution in [0, 0.1) is 6.92 Å². The van der Waals surface area contributed by atoms with E-state index in [-0.39, 0.29) is 0 Å². The first-order chi connectivity index (χ1) is 9.54. The van der Waals surface area contributed by atoms with Crippen LogP contribution in [0.5, 0.6) is 5.75 Å². The molecule has 0 aliphatic carbocycles. The number of rotatable bonds is 5. The van der Waals surface area contributed by atoms with Crippen molar-refractivity contribution in [2.24, 2.45) is 0 Å². The molecule has 20 heavy (non-hydrogen) atoms. The monoisotopic (exact) mass is 294 g/mol. The second-order valence-electron chi connectivity index (χ2n) is 4.66. The predicted octanol–water partition coefficient (Wildman–Crippen LogP) is 3.50. The van der Waals surface area contributed by atoms with Crippen molar-refractivity contribution in [3.8, 4) is 5.75 Å². The number of ether oxygens (including phenoxy) is 1. The number of benzene rings is 1. The molecule has 1 aromatic carbocycles. The van der Waals surface area contributed by atoms with Crippen molar-refractivity contribution in [2.45, 2.75) is 40.0 Å². The molecule has 1 atom stereocenters. The first-order valence-electron chi connectivity index (χ1n) is 6.66. The van der Waals surface area contributed by atoms with Gasteiger partial charge in [-0.2, -0.15) is 5.10 Å². The van der Waals surface area contributed by atoms with E-state index >= 15 is 0 Å². The van der Waals surface area contributed by atoms with Crippen LogP contribution in [0.25, 0.3) is 0 Å². The number of nitrogens with zero attached hydrogens (tertiary/aromatic N) is 2. The van der Waals surface area contributed by atoms with Gasteiger partial charge in [0.1, 0.15) is 12.4 Å². The highest BCUT2D eigenvalue weighted by Crippen LogP contribution is 2.27. The van der Waals surface area contributed by atoms with Gasteiger partial charge in [0, 0.05) is 12.1 Å². The zero-order valence-corrected chi connectivity index (χ0v) is 12.7. The molecule has 0 aliphatic heterocycles. The van der Waals surface area contributed by atoms with E-state index in [0.29, 0.717) is 17.4 Å². The number of aliphatic hydroxyl groups is 1. The maximum Gasteiger partial charge on any atom is 0.131 e. The van der Waals surface area contributed by atoms with Gasteiger partial charge in [0.25, 0.3) is 0 Å². The second-order valence-corrected chi connectivity index (χ2v) is 5.04. The van der Waals surface area contributed by atoms with E-state index in [0.717, 1.165) is 23.5 Å². The summed E-state index contributed by atoms with van der Waals surface area (Å²) < 4.78 is 7.65. The van der Waals surface area contributed by atoms with Crippen molar-refractivity contribution in [3.63, 3.8) is 0 Å². The lowest BCUT2D eigenvalue weighted by Gasteiger charge is -2.14. The fourth-order valence-corrected chi connectivity index (χ4v) is 2.30. The Balaban J connectivity index is 2.21. The third-order valence-electron chi connectivity index (χ3n) is 3.19. The summed E-state index contributed by atoms with van der Waals surface area (Å²) >= 11 is 6.25. The lowest BCUT2D eigenvalue weighted by atomic mass is 10.1. The van der Waals surface area contributed by atoms with Crippen molar-refractivity contribution >= 4 is 11.6 Å². The van der Waals surface area contributed by atoms with Crippen LogP contribution in [0.1, 0.15) is 36.9 Å². The van der Waals surface area contributed by atoms with Gasteiger partial charge >= 0.3 is 0 Å². The quantitative estimate of drug-likeness (QED) is 0.918. The summed E-state index contributed by atoms with van der Waals surface area (Å²) in [6, 6.07) is 7.45. The first-order valence-corrected chi connectivity index (χ1v) is 7.04. The first kappa shape index (κ1) is 14.9. The molecule has 0 amide bonds. The highest BCUT2D eigenvalue weighted by Gasteiger charge is 2.14. The highest BCUT2D eigenvalue weighted by atomic mass is 35.5. The molecule has 2 aromatic rings. The number of hydrogen-bond acceptors (Lipinski definition) is 3. The number of hydrogen-bond donors (Lipinski definition) is 1. The molecule has 0 aliphatic rings. The predicted molar refractivity (Wildman–Crippen MR) is 79.1 cm³/mol. The van der Waals surface area contributed by atoms with Crippen LogP contribution in [-0.2, 0) is 13.2 Å². The van der Waals surface area contributed by atoms with Crippen LogP contribution in [0.2, 0.25) is 5.02 Å². The van der Waals surface area contributed by atoms with E-state index in [1.54, 1.807) is 6.92 Å². The lowest BCUT2D eigenvalue weighted by molar-refractivity contribution is 0.189. The summed E-state index contributed by atoms with van der Waals surface area (Å²) in [7, 11) is 0. The van der Waals surface area contributed by atoms with E-state index in [9.17, 15) is 5.11 Å². The average molecular weight is 295 g/mol. The molecule has 0 saturated carbocycles. The third-order valence-corrected chi connectivity index (χ3v) is 3.68. The van der Waals surface area contributed by atoms with Gasteiger partial charge in [-0.15, -0.1) is 0 Å². The van der Waals surface area contributed by atoms with Gasteiger partial charge in [-0.25, -0.2) is 0 Å². The fourth-order valence-electron chi connectivity index (χ4n) is 2.11. The molecule has 0 radical (unpaired) electrons. The zero-order valence-electron chi connectivity index (χ0n) is 11.9. The summed E-state index contributed by atoms with van der Waals surface area (Å²) in [5.41, 5.74) is 2.42. The number of aryl methyl sites for hydroxylation is 2. The molecule has 1 heterocycles. The fraction of sp³-hybridized carbons (Fsp3) is 0.400. The molecule has 2 rings (SSSR count). The lowest BCUT2D eigenvalue weighted by Crippen LogP contribution is -2.07. The van der Waals surface area contributed by atoms with E-state index in [1.807, 2.05) is 42.8 Å². The van der Waals surface area contributed by atoms with Gasteiger partial charge in [-0.05, 0) is 26.8 Å². The van der Waals surface area contributed by atoms with Crippen LogP contribution < -0.4 is 4.74 Å². The van der Waals surface area contributed by atoms with Crippen molar-refractivity contribution in [1.82, 2.24) is 9.78 Å². The maximum atomic E-state index is 9.74. The minimum absolute atomic E-state index is 0.331. The Hall–Kier alpha value is -1.52. The average Bonchev–Trinajstić information content (AvgIpc) is 2.72. The molecule has 4 nitrogen and oxygen atoms in total. The molecule has 1 aromatic heterocycles. The summed E-state index contributed by atoms with van der Waals surface area (Å²) in [4.78, 5) is 0. The minimum Gasteiger partial charge on any atom is -0.487 e. The Labute approximate surface area is 123 Å². The normalized spacial score (nSPS) is 12.4. The van der Waals surface area contributed by atoms with Crippen LogP contribution in [0.3, 0.4) is 0 Å². The number of halogens is 1. The van der Waals surface area contributed by atoms with Crippen molar-refractivity contribution in [2.75, 3.05) is 0 Å². The molecule has 1 N–H and O–H groups in total. The van der Waals surface area contributed by atoms with Crippen molar-refractivity contribution in [1.29, 1.82) is 0 Å². The molecule has 5 heteroatoms. The van der Waals surface area contributed by atoms with Gasteiger partial charge < -0.3 is 9.84 Å². The van der Waals surface area contributed by atoms with Gasteiger partial charge in [-0.1, -0.05) is 29.8 Å². The van der Waals surface area contributed by atoms with E-state index in [4.69, 9.17) is 16.3 Å². The van der Waals surface area contributed by atoms with Gasteiger partial charge in [0.05, 0.1) is 22.5 Å². The standard InChI is InChI=1S/C15H19ClN2O2/c1-4-18-13(15(16)10(2)17-18)9-20-14-8-6-5-7-12(14)11(3)19/h5-8,11,19H,4,9H2,1-3H3/t11-/m0/s1. The Morgan fingerprint density at radius 1 is 1.40 bits per heavy atom. The molecule has 0 spiro atoms. The maximum absolute atomic E-state index is 9.74. The zero-order chi connectivity index (χ0) is 14.7. The largest absolute Gasteiger partial charge is 0.487 e. The minimum atomic E-state index is -0.570. The van der Waals surface area contributed by atoms with Crippen LogP contribution >= 0.6 is 11.6 Å². The summed E-state index contributed by atoms with van der Waals surface area (Å²) in [6.45, 7) is 6.68.